The number of aliphatic hydroxyl groups excluding tert-OH is 1. The predicted octanol–water partition coefficient (Wildman–Crippen LogP) is 1.87. The molecule has 94 valence electrons. The second-order valence-electron chi connectivity index (χ2n) is 4.03. The van der Waals surface area contributed by atoms with Crippen molar-refractivity contribution in [1.29, 1.82) is 0 Å². The van der Waals surface area contributed by atoms with Crippen LogP contribution in [0.3, 0.4) is 0 Å². The summed E-state index contributed by atoms with van der Waals surface area (Å²) in [5.74, 6) is 0.0559. The molecule has 0 saturated heterocycles. The summed E-state index contributed by atoms with van der Waals surface area (Å²) < 4.78 is 0. The normalized spacial score (nSPS) is 12.2. The molecule has 1 aromatic heterocycles. The number of rotatable bonds is 6. The van der Waals surface area contributed by atoms with Gasteiger partial charge in [0.05, 0.1) is 0 Å². The van der Waals surface area contributed by atoms with Crippen molar-refractivity contribution >= 4 is 17.5 Å². The van der Waals surface area contributed by atoms with E-state index >= 15 is 0 Å². The van der Waals surface area contributed by atoms with Crippen molar-refractivity contribution in [2.24, 2.45) is 5.92 Å². The van der Waals surface area contributed by atoms with Crippen molar-refractivity contribution in [2.75, 3.05) is 13.2 Å². The average molecular weight is 257 g/mol. The number of nitrogens with zero attached hydrogens (tertiary/aromatic N) is 1. The maximum Gasteiger partial charge on any atom is 0.269 e. The Morgan fingerprint density at radius 3 is 3.00 bits per heavy atom. The average Bonchev–Trinajstić information content (AvgIpc) is 2.34. The molecular formula is C12H17ClN2O2. The number of nitrogens with one attached hydrogen (secondary N) is 1. The Labute approximate surface area is 106 Å². The van der Waals surface area contributed by atoms with Gasteiger partial charge in [-0.15, -0.1) is 0 Å². The first-order chi connectivity index (χ1) is 8.13. The molecule has 0 saturated carbocycles. The highest BCUT2D eigenvalue weighted by Gasteiger charge is 2.07. The number of halogens is 1. The fourth-order valence-electron chi connectivity index (χ4n) is 1.37. The van der Waals surface area contributed by atoms with Gasteiger partial charge in [-0.05, 0) is 30.9 Å². The molecule has 1 heterocycles. The van der Waals surface area contributed by atoms with Gasteiger partial charge in [0.25, 0.3) is 5.91 Å². The van der Waals surface area contributed by atoms with Crippen LogP contribution in [-0.4, -0.2) is 29.1 Å². The molecule has 2 N–H and O–H groups in total. The van der Waals surface area contributed by atoms with Gasteiger partial charge in [0.1, 0.15) is 10.8 Å². The van der Waals surface area contributed by atoms with Gasteiger partial charge in [-0.3, -0.25) is 4.79 Å². The maximum absolute atomic E-state index is 11.6. The van der Waals surface area contributed by atoms with Crippen molar-refractivity contribution in [3.05, 3.63) is 29.0 Å². The van der Waals surface area contributed by atoms with Crippen LogP contribution in [0.4, 0.5) is 0 Å². The number of amides is 1. The summed E-state index contributed by atoms with van der Waals surface area (Å²) in [6.07, 6.45) is 1.73. The quantitative estimate of drug-likeness (QED) is 0.603. The first-order valence-electron chi connectivity index (χ1n) is 5.65. The molecule has 0 spiro atoms. The molecule has 0 aromatic carbocycles. The molecule has 0 fully saturated rings. The number of aromatic nitrogens is 1. The molecule has 0 radical (unpaired) electrons. The van der Waals surface area contributed by atoms with Crippen LogP contribution in [0.25, 0.3) is 0 Å². The summed E-state index contributed by atoms with van der Waals surface area (Å²) in [6, 6.07) is 4.94. The van der Waals surface area contributed by atoms with Crippen molar-refractivity contribution in [3.63, 3.8) is 0 Å². The van der Waals surface area contributed by atoms with Crippen molar-refractivity contribution < 1.29 is 9.90 Å². The molecule has 1 atom stereocenters. The number of hydrogen-bond acceptors (Lipinski definition) is 3. The lowest BCUT2D eigenvalue weighted by Gasteiger charge is -2.08. The van der Waals surface area contributed by atoms with E-state index in [-0.39, 0.29) is 18.4 Å². The SMILES string of the molecule is CC(CO)CCCNC(=O)c1cccc(Cl)n1. The number of carbonyl (C=O) groups is 1. The van der Waals surface area contributed by atoms with Gasteiger partial charge in [-0.1, -0.05) is 24.6 Å². The second kappa shape index (κ2) is 7.25. The topological polar surface area (TPSA) is 62.2 Å². The zero-order valence-corrected chi connectivity index (χ0v) is 10.6. The van der Waals surface area contributed by atoms with Crippen molar-refractivity contribution in [1.82, 2.24) is 10.3 Å². The van der Waals surface area contributed by atoms with E-state index in [1.165, 1.54) is 0 Å². The van der Waals surface area contributed by atoms with Crippen LogP contribution in [-0.2, 0) is 0 Å². The molecule has 5 heteroatoms. The van der Waals surface area contributed by atoms with E-state index in [4.69, 9.17) is 16.7 Å². The highest BCUT2D eigenvalue weighted by molar-refractivity contribution is 6.29. The molecule has 4 nitrogen and oxygen atoms in total. The van der Waals surface area contributed by atoms with Crippen LogP contribution in [0.2, 0.25) is 5.15 Å². The second-order valence-corrected chi connectivity index (χ2v) is 4.42. The summed E-state index contributed by atoms with van der Waals surface area (Å²) in [4.78, 5) is 15.5. The molecular weight excluding hydrogens is 240 g/mol. The van der Waals surface area contributed by atoms with Gasteiger partial charge in [-0.2, -0.15) is 0 Å². The maximum atomic E-state index is 11.6. The first-order valence-corrected chi connectivity index (χ1v) is 6.03. The lowest BCUT2D eigenvalue weighted by molar-refractivity contribution is 0.0947. The molecule has 0 bridgehead atoms. The van der Waals surface area contributed by atoms with Crippen LogP contribution < -0.4 is 5.32 Å². The van der Waals surface area contributed by atoms with E-state index in [2.05, 4.69) is 10.3 Å². The monoisotopic (exact) mass is 256 g/mol. The van der Waals surface area contributed by atoms with Gasteiger partial charge < -0.3 is 10.4 Å². The Morgan fingerprint density at radius 1 is 1.59 bits per heavy atom. The molecule has 0 aliphatic carbocycles. The zero-order valence-electron chi connectivity index (χ0n) is 9.82. The minimum Gasteiger partial charge on any atom is -0.396 e. The van der Waals surface area contributed by atoms with Crippen LogP contribution in [0.1, 0.15) is 30.3 Å². The summed E-state index contributed by atoms with van der Waals surface area (Å²) in [7, 11) is 0. The standard InChI is InChI=1S/C12H17ClN2O2/c1-9(8-16)4-3-7-14-12(17)10-5-2-6-11(13)15-10/h2,5-6,9,16H,3-4,7-8H2,1H3,(H,14,17). The number of pyridine rings is 1. The van der Waals surface area contributed by atoms with E-state index in [1.807, 2.05) is 6.92 Å². The van der Waals surface area contributed by atoms with Gasteiger partial charge in [0.15, 0.2) is 0 Å². The molecule has 17 heavy (non-hydrogen) atoms. The van der Waals surface area contributed by atoms with Crippen LogP contribution in [0, 0.1) is 5.92 Å². The highest BCUT2D eigenvalue weighted by Crippen LogP contribution is 2.05. The Hall–Kier alpha value is -1.13. The molecule has 1 rings (SSSR count). The fraction of sp³-hybridized carbons (Fsp3) is 0.500. The highest BCUT2D eigenvalue weighted by atomic mass is 35.5. The minimum absolute atomic E-state index is 0.184. The third-order valence-corrected chi connectivity index (χ3v) is 2.63. The summed E-state index contributed by atoms with van der Waals surface area (Å²) >= 11 is 5.69. The largest absolute Gasteiger partial charge is 0.396 e. The van der Waals surface area contributed by atoms with E-state index in [9.17, 15) is 4.79 Å². The predicted molar refractivity (Wildman–Crippen MR) is 67.1 cm³/mol. The van der Waals surface area contributed by atoms with E-state index < -0.39 is 0 Å². The summed E-state index contributed by atoms with van der Waals surface area (Å²) in [5, 5.41) is 11.9. The zero-order chi connectivity index (χ0) is 12.7. The molecule has 1 aromatic rings. The Morgan fingerprint density at radius 2 is 2.35 bits per heavy atom. The lowest BCUT2D eigenvalue weighted by atomic mass is 10.1. The lowest BCUT2D eigenvalue weighted by Crippen LogP contribution is -2.25. The molecule has 1 amide bonds. The Balaban J connectivity index is 2.30. The van der Waals surface area contributed by atoms with E-state index in [0.29, 0.717) is 17.4 Å². The smallest absolute Gasteiger partial charge is 0.269 e. The number of aliphatic hydroxyl groups is 1. The van der Waals surface area contributed by atoms with Crippen LogP contribution in [0.15, 0.2) is 18.2 Å². The van der Waals surface area contributed by atoms with Gasteiger partial charge in [0, 0.05) is 13.2 Å². The Bertz CT molecular complexity index is 371. The molecule has 0 aliphatic rings. The number of hydrogen-bond donors (Lipinski definition) is 2. The third-order valence-electron chi connectivity index (χ3n) is 2.42. The Kier molecular flexibility index (Phi) is 5.94. The van der Waals surface area contributed by atoms with Gasteiger partial charge in [-0.25, -0.2) is 4.98 Å². The van der Waals surface area contributed by atoms with Crippen LogP contribution in [0.5, 0.6) is 0 Å². The van der Waals surface area contributed by atoms with Crippen LogP contribution >= 0.6 is 11.6 Å². The molecule has 1 unspecified atom stereocenters. The van der Waals surface area contributed by atoms with E-state index in [1.54, 1.807) is 18.2 Å². The summed E-state index contributed by atoms with van der Waals surface area (Å²) in [5.41, 5.74) is 0.327. The first kappa shape index (κ1) is 13.9. The van der Waals surface area contributed by atoms with Gasteiger partial charge >= 0.3 is 0 Å². The van der Waals surface area contributed by atoms with E-state index in [0.717, 1.165) is 12.8 Å². The minimum atomic E-state index is -0.218. The number of carbonyl (C=O) groups excluding carboxylic acids is 1. The van der Waals surface area contributed by atoms with Gasteiger partial charge in [0.2, 0.25) is 0 Å². The molecule has 0 aliphatic heterocycles. The summed E-state index contributed by atoms with van der Waals surface area (Å²) in [6.45, 7) is 2.74. The van der Waals surface area contributed by atoms with Crippen molar-refractivity contribution in [2.45, 2.75) is 19.8 Å². The fourth-order valence-corrected chi connectivity index (χ4v) is 1.53. The van der Waals surface area contributed by atoms with Crippen molar-refractivity contribution in [3.8, 4) is 0 Å². The third kappa shape index (κ3) is 5.15.